The minimum Gasteiger partial charge on any atom is -0.478 e. The van der Waals surface area contributed by atoms with Crippen LogP contribution in [0.25, 0.3) is 0 Å². The molecule has 1 heterocycles. The number of carbonyl (C=O) groups is 1. The quantitative estimate of drug-likeness (QED) is 0.865. The third-order valence-electron chi connectivity index (χ3n) is 2.96. The number of hydrogen-bond donors (Lipinski definition) is 2. The first-order chi connectivity index (χ1) is 8.59. The van der Waals surface area contributed by atoms with Crippen LogP contribution in [0, 0.1) is 6.92 Å². The summed E-state index contributed by atoms with van der Waals surface area (Å²) in [6.07, 6.45) is 1.78. The molecule has 0 atom stereocenters. The molecule has 0 saturated carbocycles. The monoisotopic (exact) mass is 245 g/mol. The zero-order valence-electron chi connectivity index (χ0n) is 10.3. The Balaban J connectivity index is 2.16. The van der Waals surface area contributed by atoms with Crippen molar-refractivity contribution in [3.05, 3.63) is 47.3 Å². The molecule has 18 heavy (non-hydrogen) atoms. The maximum Gasteiger partial charge on any atom is 0.337 e. The second-order valence-electron chi connectivity index (χ2n) is 4.08. The van der Waals surface area contributed by atoms with Crippen molar-refractivity contribution >= 4 is 11.7 Å². The summed E-state index contributed by atoms with van der Waals surface area (Å²) in [5, 5.41) is 16.3. The molecule has 0 unspecified atom stereocenters. The van der Waals surface area contributed by atoms with Crippen LogP contribution in [0.4, 0.5) is 5.69 Å². The molecule has 0 aliphatic carbocycles. The van der Waals surface area contributed by atoms with Crippen molar-refractivity contribution in [3.63, 3.8) is 0 Å². The molecule has 5 nitrogen and oxygen atoms in total. The summed E-state index contributed by atoms with van der Waals surface area (Å²) in [6.45, 7) is 2.54. The number of carboxylic acid groups (broad SMARTS) is 1. The lowest BCUT2D eigenvalue weighted by molar-refractivity contribution is 0.0698. The molecular formula is C13H15N3O2. The molecule has 5 heteroatoms. The smallest absolute Gasteiger partial charge is 0.337 e. The van der Waals surface area contributed by atoms with Gasteiger partial charge >= 0.3 is 5.97 Å². The van der Waals surface area contributed by atoms with Crippen LogP contribution in [-0.2, 0) is 13.6 Å². The zero-order chi connectivity index (χ0) is 13.1. The Hall–Kier alpha value is -2.30. The van der Waals surface area contributed by atoms with Crippen molar-refractivity contribution in [3.8, 4) is 0 Å². The summed E-state index contributed by atoms with van der Waals surface area (Å²) in [4.78, 5) is 11.0. The number of rotatable bonds is 4. The molecule has 0 aliphatic heterocycles. The lowest BCUT2D eigenvalue weighted by Crippen LogP contribution is -2.06. The molecule has 2 rings (SSSR count). The second kappa shape index (κ2) is 4.91. The Morgan fingerprint density at radius 2 is 2.17 bits per heavy atom. The van der Waals surface area contributed by atoms with E-state index < -0.39 is 5.97 Å². The molecule has 0 saturated heterocycles. The second-order valence-corrected chi connectivity index (χ2v) is 4.08. The summed E-state index contributed by atoms with van der Waals surface area (Å²) >= 11 is 0. The Bertz CT molecular complexity index is 575. The fourth-order valence-corrected chi connectivity index (χ4v) is 1.73. The standard InChI is InChI=1S/C13H15N3O2/c1-9-10(8-15-16(9)2)7-14-12-6-4-3-5-11(12)13(17)18/h3-6,8,14H,7H2,1-2H3,(H,17,18). The number of anilines is 1. The first-order valence-electron chi connectivity index (χ1n) is 5.63. The van der Waals surface area contributed by atoms with Crippen molar-refractivity contribution in [2.45, 2.75) is 13.5 Å². The lowest BCUT2D eigenvalue weighted by Gasteiger charge is -2.09. The van der Waals surface area contributed by atoms with Crippen LogP contribution in [0.1, 0.15) is 21.6 Å². The molecule has 1 aromatic carbocycles. The lowest BCUT2D eigenvalue weighted by atomic mass is 10.1. The van der Waals surface area contributed by atoms with Gasteiger partial charge in [-0.05, 0) is 19.1 Å². The SMILES string of the molecule is Cc1c(CNc2ccccc2C(=O)O)cnn1C. The molecule has 0 radical (unpaired) electrons. The Kier molecular flexibility index (Phi) is 3.32. The van der Waals surface area contributed by atoms with Crippen LogP contribution < -0.4 is 5.32 Å². The van der Waals surface area contributed by atoms with Crippen molar-refractivity contribution in [2.24, 2.45) is 7.05 Å². The van der Waals surface area contributed by atoms with Crippen molar-refractivity contribution < 1.29 is 9.90 Å². The summed E-state index contributed by atoms with van der Waals surface area (Å²) in [7, 11) is 1.88. The Morgan fingerprint density at radius 3 is 2.78 bits per heavy atom. The summed E-state index contributed by atoms with van der Waals surface area (Å²) < 4.78 is 1.79. The van der Waals surface area contributed by atoms with E-state index in [1.807, 2.05) is 20.0 Å². The Labute approximate surface area is 105 Å². The predicted octanol–water partition coefficient (Wildman–Crippen LogP) is 2.04. The van der Waals surface area contributed by atoms with E-state index in [9.17, 15) is 4.79 Å². The maximum atomic E-state index is 11.0. The largest absolute Gasteiger partial charge is 0.478 e. The minimum atomic E-state index is -0.930. The minimum absolute atomic E-state index is 0.277. The van der Waals surface area contributed by atoms with Gasteiger partial charge in [0.15, 0.2) is 0 Å². The third-order valence-corrected chi connectivity index (χ3v) is 2.96. The molecule has 2 N–H and O–H groups in total. The Morgan fingerprint density at radius 1 is 1.44 bits per heavy atom. The molecule has 0 spiro atoms. The average Bonchev–Trinajstić information content (AvgIpc) is 2.68. The summed E-state index contributed by atoms with van der Waals surface area (Å²) in [5.41, 5.74) is 3.01. The van der Waals surface area contributed by atoms with Gasteiger partial charge in [0.25, 0.3) is 0 Å². The van der Waals surface area contributed by atoms with Crippen LogP contribution in [0.5, 0.6) is 0 Å². The number of benzene rings is 1. The molecule has 0 fully saturated rings. The van der Waals surface area contributed by atoms with Crippen molar-refractivity contribution in [2.75, 3.05) is 5.32 Å². The molecule has 0 aliphatic rings. The van der Waals surface area contributed by atoms with Gasteiger partial charge in [0.1, 0.15) is 0 Å². The number of aromatic nitrogens is 2. The number of carboxylic acids is 1. The van der Waals surface area contributed by atoms with E-state index in [1.54, 1.807) is 29.1 Å². The number of hydrogen-bond acceptors (Lipinski definition) is 3. The van der Waals surface area contributed by atoms with Gasteiger partial charge in [-0.3, -0.25) is 4.68 Å². The molecule has 0 bridgehead atoms. The van der Waals surface area contributed by atoms with E-state index in [0.29, 0.717) is 12.2 Å². The van der Waals surface area contributed by atoms with Gasteiger partial charge in [0, 0.05) is 30.5 Å². The van der Waals surface area contributed by atoms with Gasteiger partial charge in [-0.1, -0.05) is 12.1 Å². The van der Waals surface area contributed by atoms with Gasteiger partial charge in [-0.15, -0.1) is 0 Å². The highest BCUT2D eigenvalue weighted by molar-refractivity contribution is 5.94. The van der Waals surface area contributed by atoms with Gasteiger partial charge in [-0.25, -0.2) is 4.79 Å². The first kappa shape index (κ1) is 12.2. The fraction of sp³-hybridized carbons (Fsp3) is 0.231. The predicted molar refractivity (Wildman–Crippen MR) is 68.7 cm³/mol. The number of para-hydroxylation sites is 1. The van der Waals surface area contributed by atoms with Crippen LogP contribution in [0.2, 0.25) is 0 Å². The highest BCUT2D eigenvalue weighted by Crippen LogP contribution is 2.16. The topological polar surface area (TPSA) is 67.2 Å². The third kappa shape index (κ3) is 2.34. The van der Waals surface area contributed by atoms with Crippen LogP contribution >= 0.6 is 0 Å². The molecule has 2 aromatic rings. The number of aryl methyl sites for hydroxylation is 1. The van der Waals surface area contributed by atoms with Gasteiger partial charge in [-0.2, -0.15) is 5.10 Å². The van der Waals surface area contributed by atoms with Gasteiger partial charge in [0.05, 0.1) is 11.8 Å². The highest BCUT2D eigenvalue weighted by Gasteiger charge is 2.09. The molecule has 0 amide bonds. The average molecular weight is 245 g/mol. The van der Waals surface area contributed by atoms with E-state index in [0.717, 1.165) is 11.3 Å². The van der Waals surface area contributed by atoms with E-state index in [2.05, 4.69) is 10.4 Å². The number of nitrogens with zero attached hydrogens (tertiary/aromatic N) is 2. The first-order valence-corrected chi connectivity index (χ1v) is 5.63. The van der Waals surface area contributed by atoms with Crippen LogP contribution in [0.3, 0.4) is 0 Å². The number of nitrogens with one attached hydrogen (secondary N) is 1. The summed E-state index contributed by atoms with van der Waals surface area (Å²) in [5.74, 6) is -0.930. The molecular weight excluding hydrogens is 230 g/mol. The van der Waals surface area contributed by atoms with E-state index in [4.69, 9.17) is 5.11 Å². The highest BCUT2D eigenvalue weighted by atomic mass is 16.4. The number of aromatic carboxylic acids is 1. The van der Waals surface area contributed by atoms with Crippen molar-refractivity contribution in [1.82, 2.24) is 9.78 Å². The zero-order valence-corrected chi connectivity index (χ0v) is 10.3. The van der Waals surface area contributed by atoms with Crippen LogP contribution in [-0.4, -0.2) is 20.9 Å². The van der Waals surface area contributed by atoms with E-state index >= 15 is 0 Å². The normalized spacial score (nSPS) is 10.3. The van der Waals surface area contributed by atoms with E-state index in [-0.39, 0.29) is 5.56 Å². The maximum absolute atomic E-state index is 11.0. The van der Waals surface area contributed by atoms with Gasteiger partial charge in [0.2, 0.25) is 0 Å². The van der Waals surface area contributed by atoms with Crippen LogP contribution in [0.15, 0.2) is 30.5 Å². The van der Waals surface area contributed by atoms with E-state index in [1.165, 1.54) is 0 Å². The van der Waals surface area contributed by atoms with Crippen molar-refractivity contribution in [1.29, 1.82) is 0 Å². The molecule has 94 valence electrons. The molecule has 1 aromatic heterocycles. The van der Waals surface area contributed by atoms with Gasteiger partial charge < -0.3 is 10.4 Å². The fourth-order valence-electron chi connectivity index (χ4n) is 1.73. The summed E-state index contributed by atoms with van der Waals surface area (Å²) in [6, 6.07) is 6.87.